The van der Waals surface area contributed by atoms with Crippen LogP contribution in [0.2, 0.25) is 0 Å². The molecule has 0 aliphatic heterocycles. The van der Waals surface area contributed by atoms with Gasteiger partial charge in [-0.2, -0.15) is 20.5 Å². The third-order valence-electron chi connectivity index (χ3n) is 2.51. The number of carbonyl (C=O) groups excluding carboxylic acids is 1. The molecule has 0 radical (unpaired) electrons. The number of aromatic nitrogens is 5. The van der Waals surface area contributed by atoms with Crippen LogP contribution in [0.1, 0.15) is 10.5 Å². The summed E-state index contributed by atoms with van der Waals surface area (Å²) in [4.78, 5) is 22.8. The van der Waals surface area contributed by atoms with Gasteiger partial charge in [-0.15, -0.1) is 0 Å². The number of carbonyl (C=O) groups is 1. The molecule has 8 nitrogen and oxygen atoms in total. The zero-order chi connectivity index (χ0) is 13.2. The fourth-order valence-corrected chi connectivity index (χ4v) is 1.63. The van der Waals surface area contributed by atoms with Gasteiger partial charge in [-0.3, -0.25) is 9.59 Å². The standard InChI is InChI=1S/C11H8N6O2/c18-9-5-4-8(13-15-9)11(19)12-6-2-1-3-7-10(6)16-17-14-7/h1-5H,(H,12,19)(H,15,18)(H,14,16,17). The van der Waals surface area contributed by atoms with Gasteiger partial charge in [-0.25, -0.2) is 5.10 Å². The van der Waals surface area contributed by atoms with Crippen molar-refractivity contribution in [2.24, 2.45) is 0 Å². The lowest BCUT2D eigenvalue weighted by Crippen LogP contribution is -2.17. The lowest BCUT2D eigenvalue weighted by molar-refractivity contribution is 0.102. The summed E-state index contributed by atoms with van der Waals surface area (Å²) in [6.07, 6.45) is 0. The number of aromatic amines is 2. The third kappa shape index (κ3) is 2.06. The van der Waals surface area contributed by atoms with Crippen molar-refractivity contribution in [1.82, 2.24) is 25.6 Å². The number of nitrogens with one attached hydrogen (secondary N) is 3. The highest BCUT2D eigenvalue weighted by molar-refractivity contribution is 6.06. The van der Waals surface area contributed by atoms with Crippen LogP contribution in [0.15, 0.2) is 35.1 Å². The highest BCUT2D eigenvalue weighted by atomic mass is 16.2. The molecule has 0 bridgehead atoms. The van der Waals surface area contributed by atoms with Crippen molar-refractivity contribution in [3.05, 3.63) is 46.4 Å². The average Bonchev–Trinajstić information content (AvgIpc) is 2.89. The minimum absolute atomic E-state index is 0.111. The largest absolute Gasteiger partial charge is 0.319 e. The summed E-state index contributed by atoms with van der Waals surface area (Å²) in [6.45, 7) is 0. The monoisotopic (exact) mass is 256 g/mol. The first-order chi connectivity index (χ1) is 9.24. The van der Waals surface area contributed by atoms with Gasteiger partial charge in [-0.1, -0.05) is 6.07 Å². The quantitative estimate of drug-likeness (QED) is 0.609. The number of H-pyrrole nitrogens is 2. The Morgan fingerprint density at radius 1 is 1.11 bits per heavy atom. The van der Waals surface area contributed by atoms with Gasteiger partial charge >= 0.3 is 0 Å². The maximum Gasteiger partial charge on any atom is 0.276 e. The highest BCUT2D eigenvalue weighted by Gasteiger charge is 2.11. The highest BCUT2D eigenvalue weighted by Crippen LogP contribution is 2.19. The van der Waals surface area contributed by atoms with Gasteiger partial charge < -0.3 is 5.32 Å². The molecule has 8 heteroatoms. The Kier molecular flexibility index (Phi) is 2.53. The van der Waals surface area contributed by atoms with Crippen LogP contribution in [0.4, 0.5) is 5.69 Å². The van der Waals surface area contributed by atoms with Gasteiger partial charge in [0.05, 0.1) is 5.69 Å². The molecule has 1 aromatic carbocycles. The molecule has 0 fully saturated rings. The Labute approximate surface area is 105 Å². The van der Waals surface area contributed by atoms with Crippen LogP contribution in [-0.2, 0) is 0 Å². The van der Waals surface area contributed by atoms with E-state index in [1.807, 2.05) is 0 Å². The zero-order valence-electron chi connectivity index (χ0n) is 9.54. The second-order valence-corrected chi connectivity index (χ2v) is 3.76. The van der Waals surface area contributed by atoms with Gasteiger partial charge in [0, 0.05) is 6.07 Å². The molecule has 3 rings (SSSR count). The molecule has 0 spiro atoms. The molecule has 3 aromatic rings. The van der Waals surface area contributed by atoms with Crippen molar-refractivity contribution in [3.63, 3.8) is 0 Å². The number of rotatable bonds is 2. The normalized spacial score (nSPS) is 10.5. The average molecular weight is 256 g/mol. The van der Waals surface area contributed by atoms with E-state index in [0.717, 1.165) is 0 Å². The van der Waals surface area contributed by atoms with Crippen LogP contribution in [0.25, 0.3) is 11.0 Å². The van der Waals surface area contributed by atoms with Crippen molar-refractivity contribution in [3.8, 4) is 0 Å². The molecule has 0 saturated heterocycles. The second kappa shape index (κ2) is 4.33. The summed E-state index contributed by atoms with van der Waals surface area (Å²) in [5.74, 6) is -0.438. The fraction of sp³-hybridized carbons (Fsp3) is 0. The fourth-order valence-electron chi connectivity index (χ4n) is 1.63. The van der Waals surface area contributed by atoms with Crippen LogP contribution in [0.3, 0.4) is 0 Å². The van der Waals surface area contributed by atoms with Crippen LogP contribution >= 0.6 is 0 Å². The van der Waals surface area contributed by atoms with E-state index < -0.39 is 5.91 Å². The Bertz CT molecular complexity index is 786. The van der Waals surface area contributed by atoms with E-state index in [0.29, 0.717) is 16.7 Å². The molecule has 0 saturated carbocycles. The summed E-state index contributed by atoms with van der Waals surface area (Å²) in [6, 6.07) is 7.80. The minimum Gasteiger partial charge on any atom is -0.319 e. The number of nitrogens with zero attached hydrogens (tertiary/aromatic N) is 3. The first-order valence-corrected chi connectivity index (χ1v) is 5.40. The molecule has 94 valence electrons. The topological polar surface area (TPSA) is 116 Å². The summed E-state index contributed by atoms with van der Waals surface area (Å²) in [7, 11) is 0. The second-order valence-electron chi connectivity index (χ2n) is 3.76. The SMILES string of the molecule is O=C(Nc1cccc2n[nH]nc12)c1ccc(=O)[nH]n1. The Balaban J connectivity index is 1.92. The van der Waals surface area contributed by atoms with Gasteiger partial charge in [0.1, 0.15) is 16.7 Å². The van der Waals surface area contributed by atoms with E-state index in [-0.39, 0.29) is 11.3 Å². The number of hydrogen-bond acceptors (Lipinski definition) is 5. The first kappa shape index (κ1) is 11.1. The molecule has 0 unspecified atom stereocenters. The smallest absolute Gasteiger partial charge is 0.276 e. The molecule has 0 aliphatic rings. The van der Waals surface area contributed by atoms with E-state index in [4.69, 9.17) is 0 Å². The van der Waals surface area contributed by atoms with Crippen molar-refractivity contribution in [2.45, 2.75) is 0 Å². The van der Waals surface area contributed by atoms with Gasteiger partial charge in [0.15, 0.2) is 0 Å². The molecule has 19 heavy (non-hydrogen) atoms. The molecule has 1 amide bonds. The maximum atomic E-state index is 11.9. The molecule has 3 N–H and O–H groups in total. The van der Waals surface area contributed by atoms with Crippen LogP contribution < -0.4 is 10.9 Å². The van der Waals surface area contributed by atoms with E-state index in [1.165, 1.54) is 12.1 Å². The Morgan fingerprint density at radius 3 is 2.79 bits per heavy atom. The molecule has 0 atom stereocenters. The number of amides is 1. The summed E-state index contributed by atoms with van der Waals surface area (Å²) in [5, 5.41) is 18.9. The van der Waals surface area contributed by atoms with Crippen LogP contribution in [-0.4, -0.2) is 31.5 Å². The van der Waals surface area contributed by atoms with Gasteiger partial charge in [0.2, 0.25) is 0 Å². The lowest BCUT2D eigenvalue weighted by Gasteiger charge is -2.03. The van der Waals surface area contributed by atoms with Crippen molar-refractivity contribution < 1.29 is 4.79 Å². The summed E-state index contributed by atoms with van der Waals surface area (Å²) >= 11 is 0. The van der Waals surface area contributed by atoms with Crippen molar-refractivity contribution in [1.29, 1.82) is 0 Å². The van der Waals surface area contributed by atoms with E-state index >= 15 is 0 Å². The van der Waals surface area contributed by atoms with Crippen LogP contribution in [0, 0.1) is 0 Å². The molecular weight excluding hydrogens is 248 g/mol. The number of fused-ring (bicyclic) bond motifs is 1. The number of para-hydroxylation sites is 1. The summed E-state index contributed by atoms with van der Waals surface area (Å²) < 4.78 is 0. The van der Waals surface area contributed by atoms with Crippen LogP contribution in [0.5, 0.6) is 0 Å². The van der Waals surface area contributed by atoms with E-state index in [2.05, 4.69) is 30.9 Å². The number of anilines is 1. The van der Waals surface area contributed by atoms with E-state index in [9.17, 15) is 9.59 Å². The molecule has 0 aliphatic carbocycles. The molecular formula is C11H8N6O2. The third-order valence-corrected chi connectivity index (χ3v) is 2.51. The van der Waals surface area contributed by atoms with E-state index in [1.54, 1.807) is 18.2 Å². The van der Waals surface area contributed by atoms with Crippen molar-refractivity contribution in [2.75, 3.05) is 5.32 Å². The minimum atomic E-state index is -0.438. The zero-order valence-corrected chi connectivity index (χ0v) is 9.54. The predicted molar refractivity (Wildman–Crippen MR) is 66.7 cm³/mol. The molecule has 2 aromatic heterocycles. The van der Waals surface area contributed by atoms with Gasteiger partial charge in [-0.05, 0) is 18.2 Å². The van der Waals surface area contributed by atoms with Gasteiger partial charge in [0.25, 0.3) is 11.5 Å². The Morgan fingerprint density at radius 2 is 2.00 bits per heavy atom. The first-order valence-electron chi connectivity index (χ1n) is 5.40. The predicted octanol–water partition coefficient (Wildman–Crippen LogP) is 0.293. The molecule has 2 heterocycles. The Hall–Kier alpha value is -3.03. The summed E-state index contributed by atoms with van der Waals surface area (Å²) in [5.41, 5.74) is 1.46. The van der Waals surface area contributed by atoms with Crippen molar-refractivity contribution >= 4 is 22.6 Å². The lowest BCUT2D eigenvalue weighted by atomic mass is 10.2. The number of hydrogen-bond donors (Lipinski definition) is 3. The number of benzene rings is 1. The maximum absolute atomic E-state index is 11.9.